The minimum atomic E-state index is -4.31. The summed E-state index contributed by atoms with van der Waals surface area (Å²) in [6.07, 6.45) is -5.39. The van der Waals surface area contributed by atoms with E-state index in [1.54, 1.807) is 19.9 Å². The molecule has 1 nitrogen and oxygen atoms in total. The maximum atomic E-state index is 12.4. The molecule has 0 spiro atoms. The van der Waals surface area contributed by atoms with Gasteiger partial charge in [-0.05, 0) is 31.0 Å². The molecule has 0 radical (unpaired) electrons. The van der Waals surface area contributed by atoms with Gasteiger partial charge in [0.25, 0.3) is 0 Å². The highest BCUT2D eigenvalue weighted by molar-refractivity contribution is 9.10. The molecule has 6 heteroatoms. The van der Waals surface area contributed by atoms with Gasteiger partial charge in [0.1, 0.15) is 5.75 Å². The van der Waals surface area contributed by atoms with Crippen LogP contribution in [-0.4, -0.2) is 13.3 Å². The first kappa shape index (κ1) is 15.6. The van der Waals surface area contributed by atoms with Crippen LogP contribution >= 0.6 is 27.5 Å². The molecule has 0 aliphatic carbocycles. The van der Waals surface area contributed by atoms with Crippen LogP contribution in [-0.2, 0) is 0 Å². The molecule has 0 fully saturated rings. The van der Waals surface area contributed by atoms with Crippen molar-refractivity contribution in [3.05, 3.63) is 27.2 Å². The molecule has 0 heterocycles. The van der Waals surface area contributed by atoms with E-state index in [9.17, 15) is 13.2 Å². The molecular weight excluding hydrogens is 332 g/mol. The van der Waals surface area contributed by atoms with E-state index in [2.05, 4.69) is 15.9 Å². The standard InChI is InChI=1S/C12H13BrClF3O/c1-6-4-8(13)7(2)10(11(6)18-3)9(14)5-12(15,16)17/h4,9H,5H2,1-3H3. The van der Waals surface area contributed by atoms with E-state index in [1.165, 1.54) is 7.11 Å². The molecule has 1 aromatic carbocycles. The number of halogens is 5. The molecule has 1 rings (SSSR count). The summed E-state index contributed by atoms with van der Waals surface area (Å²) in [5.74, 6) is 0.417. The first-order valence-corrected chi connectivity index (χ1v) is 6.44. The van der Waals surface area contributed by atoms with Crippen LogP contribution in [0, 0.1) is 13.8 Å². The van der Waals surface area contributed by atoms with Crippen LogP contribution in [0.4, 0.5) is 13.2 Å². The zero-order chi connectivity index (χ0) is 14.1. The van der Waals surface area contributed by atoms with Crippen LogP contribution in [0.5, 0.6) is 5.75 Å². The molecule has 0 aromatic heterocycles. The Hall–Kier alpha value is -0.420. The largest absolute Gasteiger partial charge is 0.496 e. The van der Waals surface area contributed by atoms with Crippen molar-refractivity contribution >= 4 is 27.5 Å². The van der Waals surface area contributed by atoms with Crippen molar-refractivity contribution in [1.82, 2.24) is 0 Å². The average Bonchev–Trinajstić information content (AvgIpc) is 2.20. The van der Waals surface area contributed by atoms with E-state index >= 15 is 0 Å². The maximum absolute atomic E-state index is 12.4. The van der Waals surface area contributed by atoms with Gasteiger partial charge in [0, 0.05) is 10.0 Å². The van der Waals surface area contributed by atoms with Gasteiger partial charge in [0.05, 0.1) is 18.9 Å². The van der Waals surface area contributed by atoms with Gasteiger partial charge in [-0.2, -0.15) is 13.2 Å². The van der Waals surface area contributed by atoms with Crippen LogP contribution in [0.1, 0.15) is 28.5 Å². The monoisotopic (exact) mass is 344 g/mol. The summed E-state index contributed by atoms with van der Waals surface area (Å²) in [5, 5.41) is -1.16. The summed E-state index contributed by atoms with van der Waals surface area (Å²) in [7, 11) is 1.43. The van der Waals surface area contributed by atoms with Crippen LogP contribution in [0.25, 0.3) is 0 Å². The van der Waals surface area contributed by atoms with Crippen molar-refractivity contribution < 1.29 is 17.9 Å². The zero-order valence-corrected chi connectivity index (χ0v) is 12.5. The Bertz CT molecular complexity index is 446. The fourth-order valence-electron chi connectivity index (χ4n) is 1.83. The maximum Gasteiger partial charge on any atom is 0.390 e. The summed E-state index contributed by atoms with van der Waals surface area (Å²) < 4.78 is 43.2. The zero-order valence-electron chi connectivity index (χ0n) is 10.2. The van der Waals surface area contributed by atoms with Gasteiger partial charge in [-0.25, -0.2) is 0 Å². The molecule has 0 aliphatic heterocycles. The summed E-state index contributed by atoms with van der Waals surface area (Å²) in [4.78, 5) is 0. The predicted molar refractivity (Wildman–Crippen MR) is 69.4 cm³/mol. The van der Waals surface area contributed by atoms with E-state index < -0.39 is 18.0 Å². The highest BCUT2D eigenvalue weighted by atomic mass is 79.9. The molecule has 1 atom stereocenters. The molecule has 0 N–H and O–H groups in total. The number of benzene rings is 1. The van der Waals surface area contributed by atoms with Crippen molar-refractivity contribution in [2.45, 2.75) is 31.8 Å². The van der Waals surface area contributed by atoms with Crippen LogP contribution < -0.4 is 4.74 Å². The Balaban J connectivity index is 3.29. The summed E-state index contributed by atoms with van der Waals surface area (Å²) in [5.41, 5.74) is 1.81. The van der Waals surface area contributed by atoms with Gasteiger partial charge in [0.2, 0.25) is 0 Å². The highest BCUT2D eigenvalue weighted by Gasteiger charge is 2.34. The van der Waals surface area contributed by atoms with E-state index in [-0.39, 0.29) is 0 Å². The Morgan fingerprint density at radius 2 is 1.94 bits per heavy atom. The first-order chi connectivity index (χ1) is 8.17. The fourth-order valence-corrected chi connectivity index (χ4v) is 2.82. The number of hydrogen-bond donors (Lipinski definition) is 0. The van der Waals surface area contributed by atoms with E-state index in [0.29, 0.717) is 16.9 Å². The molecule has 0 saturated carbocycles. The quantitative estimate of drug-likeness (QED) is 0.675. The van der Waals surface area contributed by atoms with Crippen LogP contribution in [0.2, 0.25) is 0 Å². The van der Waals surface area contributed by atoms with E-state index in [4.69, 9.17) is 16.3 Å². The molecule has 102 valence electrons. The van der Waals surface area contributed by atoms with Crippen molar-refractivity contribution in [3.8, 4) is 5.75 Å². The second kappa shape index (κ2) is 5.70. The summed E-state index contributed by atoms with van der Waals surface area (Å²) >= 11 is 9.22. The van der Waals surface area contributed by atoms with Crippen LogP contribution in [0.15, 0.2) is 10.5 Å². The lowest BCUT2D eigenvalue weighted by atomic mass is 9.99. The van der Waals surface area contributed by atoms with Gasteiger partial charge in [-0.15, -0.1) is 11.6 Å². The van der Waals surface area contributed by atoms with Crippen molar-refractivity contribution in [3.63, 3.8) is 0 Å². The number of aryl methyl sites for hydroxylation is 1. The van der Waals surface area contributed by atoms with Crippen molar-refractivity contribution in [2.75, 3.05) is 7.11 Å². The normalized spacial score (nSPS) is 13.6. The molecular formula is C12H13BrClF3O. The molecule has 0 amide bonds. The Kier molecular flexibility index (Phi) is 4.95. The molecule has 0 aliphatic rings. The van der Waals surface area contributed by atoms with Gasteiger partial charge in [0.15, 0.2) is 0 Å². The molecule has 0 bridgehead atoms. The van der Waals surface area contributed by atoms with E-state index in [1.807, 2.05) is 0 Å². The SMILES string of the molecule is COc1c(C)cc(Br)c(C)c1C(Cl)CC(F)(F)F. The van der Waals surface area contributed by atoms with Gasteiger partial charge in [-0.1, -0.05) is 15.9 Å². The second-order valence-corrected chi connectivity index (χ2v) is 5.42. The third-order valence-corrected chi connectivity index (χ3v) is 3.83. The van der Waals surface area contributed by atoms with Crippen molar-refractivity contribution in [2.24, 2.45) is 0 Å². The number of rotatable bonds is 3. The second-order valence-electron chi connectivity index (χ2n) is 4.03. The minimum Gasteiger partial charge on any atom is -0.496 e. The lowest BCUT2D eigenvalue weighted by Gasteiger charge is -2.20. The summed E-state index contributed by atoms with van der Waals surface area (Å²) in [6, 6.07) is 1.80. The molecule has 1 aromatic rings. The van der Waals surface area contributed by atoms with Gasteiger partial charge >= 0.3 is 6.18 Å². The van der Waals surface area contributed by atoms with E-state index in [0.717, 1.165) is 10.0 Å². The number of methoxy groups -OCH3 is 1. The topological polar surface area (TPSA) is 9.23 Å². The lowest BCUT2D eigenvalue weighted by molar-refractivity contribution is -0.134. The number of alkyl halides is 4. The van der Waals surface area contributed by atoms with Crippen LogP contribution in [0.3, 0.4) is 0 Å². The Labute approximate surface area is 117 Å². The Morgan fingerprint density at radius 3 is 2.39 bits per heavy atom. The first-order valence-electron chi connectivity index (χ1n) is 5.21. The van der Waals surface area contributed by atoms with Crippen molar-refractivity contribution in [1.29, 1.82) is 0 Å². The summed E-state index contributed by atoms with van der Waals surface area (Å²) in [6.45, 7) is 3.48. The minimum absolute atomic E-state index is 0.392. The highest BCUT2D eigenvalue weighted by Crippen LogP contribution is 2.43. The van der Waals surface area contributed by atoms with Gasteiger partial charge < -0.3 is 4.74 Å². The predicted octanol–water partition coefficient (Wildman–Crippen LogP) is 5.31. The fraction of sp³-hybridized carbons (Fsp3) is 0.500. The number of ether oxygens (including phenoxy) is 1. The molecule has 1 unspecified atom stereocenters. The van der Waals surface area contributed by atoms with Gasteiger partial charge in [-0.3, -0.25) is 0 Å². The third kappa shape index (κ3) is 3.54. The average molecular weight is 346 g/mol. The molecule has 0 saturated heterocycles. The third-order valence-electron chi connectivity index (χ3n) is 2.64. The smallest absolute Gasteiger partial charge is 0.390 e. The number of hydrogen-bond acceptors (Lipinski definition) is 1. The lowest BCUT2D eigenvalue weighted by Crippen LogP contribution is -2.12. The molecule has 18 heavy (non-hydrogen) atoms. The Morgan fingerprint density at radius 1 is 1.39 bits per heavy atom.